The van der Waals surface area contributed by atoms with E-state index >= 15 is 0 Å². The molecule has 1 aromatic heterocycles. The number of nitrogens with one attached hydrogen (secondary N) is 1. The van der Waals surface area contributed by atoms with Gasteiger partial charge in [0.05, 0.1) is 23.5 Å². The number of amides is 1. The van der Waals surface area contributed by atoms with Crippen LogP contribution in [0.2, 0.25) is 0 Å². The topological polar surface area (TPSA) is 63.5 Å². The lowest BCUT2D eigenvalue weighted by molar-refractivity contribution is -0.0477. The minimum absolute atomic E-state index is 0.0241. The Morgan fingerprint density at radius 1 is 1.00 bits per heavy atom. The molecule has 1 aliphatic rings. The Morgan fingerprint density at radius 2 is 1.67 bits per heavy atom. The van der Waals surface area contributed by atoms with Crippen LogP contribution in [0.5, 0.6) is 0 Å². The van der Waals surface area contributed by atoms with E-state index in [0.29, 0.717) is 38.0 Å². The largest absolute Gasteiger partial charge is 0.393 e. The second kappa shape index (κ2) is 12.0. The predicted octanol–water partition coefficient (Wildman–Crippen LogP) is 7.27. The van der Waals surface area contributed by atoms with Crippen molar-refractivity contribution >= 4 is 11.6 Å². The molecular formula is C33H35FN2O3. The number of halogens is 1. The van der Waals surface area contributed by atoms with Crippen molar-refractivity contribution in [3.05, 3.63) is 102 Å². The Hall–Kier alpha value is -3.74. The minimum atomic E-state index is -0.360. The first-order valence-electron chi connectivity index (χ1n) is 13.7. The van der Waals surface area contributed by atoms with Gasteiger partial charge in [-0.3, -0.25) is 4.79 Å². The quantitative estimate of drug-likeness (QED) is 0.254. The van der Waals surface area contributed by atoms with Gasteiger partial charge in [-0.25, -0.2) is 4.39 Å². The maximum Gasteiger partial charge on any atom is 0.258 e. The summed E-state index contributed by atoms with van der Waals surface area (Å²) in [6.45, 7) is 5.32. The summed E-state index contributed by atoms with van der Waals surface area (Å²) in [5, 5.41) is 13.3. The van der Waals surface area contributed by atoms with E-state index in [4.69, 9.17) is 4.74 Å². The number of carbonyl (C=O) groups is 1. The molecule has 2 N–H and O–H groups in total. The molecule has 5 rings (SSSR count). The van der Waals surface area contributed by atoms with E-state index in [0.717, 1.165) is 33.8 Å². The zero-order chi connectivity index (χ0) is 27.4. The molecule has 5 nitrogen and oxygen atoms in total. The zero-order valence-corrected chi connectivity index (χ0v) is 22.4. The summed E-state index contributed by atoms with van der Waals surface area (Å²) >= 11 is 0. The molecule has 0 spiro atoms. The molecular weight excluding hydrogens is 491 g/mol. The van der Waals surface area contributed by atoms with Crippen LogP contribution in [0.25, 0.3) is 22.4 Å². The second-order valence-corrected chi connectivity index (χ2v) is 10.4. The van der Waals surface area contributed by atoms with Crippen molar-refractivity contribution in [3.63, 3.8) is 0 Å². The van der Waals surface area contributed by atoms with Gasteiger partial charge in [0.15, 0.2) is 0 Å². The molecule has 1 fully saturated rings. The van der Waals surface area contributed by atoms with Crippen LogP contribution in [0.3, 0.4) is 0 Å². The van der Waals surface area contributed by atoms with Gasteiger partial charge in [-0.15, -0.1) is 0 Å². The van der Waals surface area contributed by atoms with Crippen molar-refractivity contribution in [1.82, 2.24) is 4.57 Å². The first-order chi connectivity index (χ1) is 18.9. The molecule has 0 radical (unpaired) electrons. The molecule has 0 bridgehead atoms. The van der Waals surface area contributed by atoms with Gasteiger partial charge in [0.1, 0.15) is 5.82 Å². The normalized spacial score (nSPS) is 17.4. The van der Waals surface area contributed by atoms with E-state index < -0.39 is 0 Å². The molecule has 2 atom stereocenters. The van der Waals surface area contributed by atoms with Crippen LogP contribution in [0, 0.1) is 5.82 Å². The number of carbonyl (C=O) groups excluding carboxylic acids is 1. The number of hydrogen-bond donors (Lipinski definition) is 2. The Labute approximate surface area is 229 Å². The number of aromatic nitrogens is 1. The molecule has 1 aliphatic heterocycles. The van der Waals surface area contributed by atoms with Crippen LogP contribution in [-0.4, -0.2) is 34.4 Å². The Morgan fingerprint density at radius 3 is 2.31 bits per heavy atom. The lowest BCUT2D eigenvalue weighted by atomic mass is 9.94. The van der Waals surface area contributed by atoms with Crippen LogP contribution in [0.15, 0.2) is 84.9 Å². The maximum atomic E-state index is 14.1. The second-order valence-electron chi connectivity index (χ2n) is 10.4. The van der Waals surface area contributed by atoms with Gasteiger partial charge in [0.2, 0.25) is 0 Å². The van der Waals surface area contributed by atoms with E-state index in [1.54, 1.807) is 12.1 Å². The molecule has 0 aliphatic carbocycles. The molecule has 4 aromatic rings. The summed E-state index contributed by atoms with van der Waals surface area (Å²) in [6.07, 6.45) is 1.51. The van der Waals surface area contributed by atoms with E-state index in [2.05, 4.69) is 23.7 Å². The third-order valence-corrected chi connectivity index (χ3v) is 7.30. The number of para-hydroxylation sites is 1. The van der Waals surface area contributed by atoms with Crippen molar-refractivity contribution in [2.45, 2.75) is 57.8 Å². The zero-order valence-electron chi connectivity index (χ0n) is 22.4. The molecule has 0 saturated carbocycles. The highest BCUT2D eigenvalue weighted by molar-refractivity contribution is 6.12. The Balaban J connectivity index is 1.71. The fourth-order valence-corrected chi connectivity index (χ4v) is 5.54. The summed E-state index contributed by atoms with van der Waals surface area (Å²) in [6, 6.07) is 25.8. The summed E-state index contributed by atoms with van der Waals surface area (Å²) in [5.74, 6) is -0.472. The van der Waals surface area contributed by atoms with Crippen LogP contribution < -0.4 is 5.32 Å². The Kier molecular flexibility index (Phi) is 8.24. The molecule has 6 heteroatoms. The number of anilines is 1. The summed E-state index contributed by atoms with van der Waals surface area (Å²) in [5.41, 5.74) is 5.70. The number of hydrogen-bond acceptors (Lipinski definition) is 3. The maximum absolute atomic E-state index is 14.1. The van der Waals surface area contributed by atoms with Gasteiger partial charge in [0, 0.05) is 30.1 Å². The molecule has 202 valence electrons. The fraction of sp³-hybridized carbons (Fsp3) is 0.303. The average molecular weight is 527 g/mol. The van der Waals surface area contributed by atoms with Crippen LogP contribution in [0.4, 0.5) is 10.1 Å². The summed E-state index contributed by atoms with van der Waals surface area (Å²) in [4.78, 5) is 14.1. The first kappa shape index (κ1) is 26.9. The van der Waals surface area contributed by atoms with E-state index in [1.165, 1.54) is 12.1 Å². The van der Waals surface area contributed by atoms with Gasteiger partial charge in [0.25, 0.3) is 5.91 Å². The van der Waals surface area contributed by atoms with E-state index in [-0.39, 0.29) is 29.9 Å². The summed E-state index contributed by atoms with van der Waals surface area (Å²) in [7, 11) is 0. The third-order valence-electron chi connectivity index (χ3n) is 7.30. The van der Waals surface area contributed by atoms with Gasteiger partial charge in [-0.2, -0.15) is 0 Å². The SMILES string of the molecule is CC(C)c1c(C(=O)Nc2ccccc2)c(-c2ccccc2)c(-c2ccc(F)cc2)n1CC[C@@H]1C[C@@H](O)CCO1. The number of aliphatic hydroxyl groups excluding tert-OH is 1. The van der Waals surface area contributed by atoms with E-state index in [1.807, 2.05) is 60.7 Å². The van der Waals surface area contributed by atoms with Crippen LogP contribution in [0.1, 0.15) is 55.1 Å². The highest BCUT2D eigenvalue weighted by Gasteiger charge is 2.31. The number of aliphatic hydroxyl groups is 1. The van der Waals surface area contributed by atoms with Crippen molar-refractivity contribution in [3.8, 4) is 22.4 Å². The summed E-state index contributed by atoms with van der Waals surface area (Å²) < 4.78 is 22.2. The number of ether oxygens (including phenoxy) is 1. The highest BCUT2D eigenvalue weighted by Crippen LogP contribution is 2.42. The first-order valence-corrected chi connectivity index (χ1v) is 13.7. The third kappa shape index (κ3) is 5.97. The minimum Gasteiger partial charge on any atom is -0.393 e. The van der Waals surface area contributed by atoms with E-state index in [9.17, 15) is 14.3 Å². The monoisotopic (exact) mass is 526 g/mol. The van der Waals surface area contributed by atoms with Crippen molar-refractivity contribution < 1.29 is 19.0 Å². The van der Waals surface area contributed by atoms with Gasteiger partial charge in [-0.05, 0) is 72.7 Å². The Bertz CT molecular complexity index is 1400. The van der Waals surface area contributed by atoms with Gasteiger partial charge >= 0.3 is 0 Å². The van der Waals surface area contributed by atoms with Crippen molar-refractivity contribution in [2.75, 3.05) is 11.9 Å². The number of benzene rings is 3. The molecule has 3 aromatic carbocycles. The highest BCUT2D eigenvalue weighted by atomic mass is 19.1. The molecule has 1 saturated heterocycles. The predicted molar refractivity (Wildman–Crippen MR) is 153 cm³/mol. The van der Waals surface area contributed by atoms with Crippen LogP contribution >= 0.6 is 0 Å². The lowest BCUT2D eigenvalue weighted by Crippen LogP contribution is -2.30. The number of rotatable bonds is 8. The average Bonchev–Trinajstić information content (AvgIpc) is 3.29. The van der Waals surface area contributed by atoms with Gasteiger partial charge in [-0.1, -0.05) is 62.4 Å². The van der Waals surface area contributed by atoms with Crippen molar-refractivity contribution in [1.29, 1.82) is 0 Å². The van der Waals surface area contributed by atoms with Crippen LogP contribution in [-0.2, 0) is 11.3 Å². The molecule has 2 heterocycles. The molecule has 39 heavy (non-hydrogen) atoms. The smallest absolute Gasteiger partial charge is 0.258 e. The molecule has 1 amide bonds. The van der Waals surface area contributed by atoms with Crippen molar-refractivity contribution in [2.24, 2.45) is 0 Å². The van der Waals surface area contributed by atoms with Gasteiger partial charge < -0.3 is 19.7 Å². The number of nitrogens with zero attached hydrogens (tertiary/aromatic N) is 1. The fourth-order valence-electron chi connectivity index (χ4n) is 5.54. The standard InChI is InChI=1S/C33H35FN2O3/c1-22(2)31-30(33(38)35-26-11-7-4-8-12-26)29(23-9-5-3-6-10-23)32(24-13-15-25(34)16-14-24)36(31)19-17-28-21-27(37)18-20-39-28/h3-16,22,27-28,37H,17-21H2,1-2H3,(H,35,38)/t27-,28+/m0/s1. The molecule has 0 unspecified atom stereocenters. The lowest BCUT2D eigenvalue weighted by Gasteiger charge is -2.27.